The first-order chi connectivity index (χ1) is 25.7. The third kappa shape index (κ3) is 8.44. The molecule has 0 spiro atoms. The Morgan fingerprint density at radius 2 is 1.67 bits per heavy atom. The number of phenols is 1. The maximum atomic E-state index is 13.8. The molecule has 0 aromatic heterocycles. The van der Waals surface area contributed by atoms with E-state index in [4.69, 9.17) is 23.7 Å². The summed E-state index contributed by atoms with van der Waals surface area (Å²) in [5, 5.41) is 46.5. The lowest BCUT2D eigenvalue weighted by molar-refractivity contribution is -0.262. The van der Waals surface area contributed by atoms with Crippen molar-refractivity contribution in [2.24, 2.45) is 23.7 Å². The molecule has 4 rings (SSSR count). The Balaban J connectivity index is 1.66. The molecule has 1 aromatic carbocycles. The number of ketones is 2. The Hall–Kier alpha value is -5.09. The van der Waals surface area contributed by atoms with E-state index in [-0.39, 0.29) is 68.9 Å². The van der Waals surface area contributed by atoms with Gasteiger partial charge < -0.3 is 49.4 Å². The van der Waals surface area contributed by atoms with Crippen LogP contribution in [0.25, 0.3) is 5.57 Å². The van der Waals surface area contributed by atoms with Gasteiger partial charge in [-0.3, -0.25) is 24.0 Å². The van der Waals surface area contributed by atoms with Crippen molar-refractivity contribution < 1.29 is 68.1 Å². The number of carbonyl (C=O) groups excluding carboxylic acids is 5. The van der Waals surface area contributed by atoms with Crippen LogP contribution in [0.5, 0.6) is 11.5 Å². The van der Waals surface area contributed by atoms with E-state index >= 15 is 0 Å². The van der Waals surface area contributed by atoms with Gasteiger partial charge in [0.1, 0.15) is 23.2 Å². The van der Waals surface area contributed by atoms with Gasteiger partial charge in [-0.1, -0.05) is 39.0 Å². The number of nitrogens with one attached hydrogen (secondary N) is 1. The summed E-state index contributed by atoms with van der Waals surface area (Å²) in [6.07, 6.45) is 1.10. The number of fused-ring (bicyclic) bond motifs is 3. The monoisotopic (exact) mass is 767 g/mol. The minimum Gasteiger partial charge on any atom is -0.505 e. The van der Waals surface area contributed by atoms with Crippen LogP contribution in [0.2, 0.25) is 0 Å². The number of hydrogen-bond acceptors (Lipinski definition) is 14. The number of esters is 2. The minimum atomic E-state index is -1.37. The maximum Gasteiger partial charge on any atom is 0.313 e. The van der Waals surface area contributed by atoms with Gasteiger partial charge in [0.25, 0.3) is 5.91 Å². The highest BCUT2D eigenvalue weighted by Crippen LogP contribution is 2.52. The van der Waals surface area contributed by atoms with Crippen LogP contribution in [0.1, 0.15) is 76.9 Å². The highest BCUT2D eigenvalue weighted by atomic mass is 16.7. The van der Waals surface area contributed by atoms with Gasteiger partial charge in [-0.2, -0.15) is 0 Å². The number of aliphatic hydroxyl groups excluding tert-OH is 3. The normalized spacial score (nSPS) is 24.6. The molecule has 2 heterocycles. The average molecular weight is 768 g/mol. The quantitative estimate of drug-likeness (QED) is 0.0708. The van der Waals surface area contributed by atoms with Gasteiger partial charge in [-0.05, 0) is 46.3 Å². The Morgan fingerprint density at radius 3 is 2.27 bits per heavy atom. The van der Waals surface area contributed by atoms with Crippen molar-refractivity contribution in [1.82, 2.24) is 0 Å². The lowest BCUT2D eigenvalue weighted by Crippen LogP contribution is -2.57. The predicted molar refractivity (Wildman–Crippen MR) is 197 cm³/mol. The lowest BCUT2D eigenvalue weighted by atomic mass is 9.76. The largest absolute Gasteiger partial charge is 0.505 e. The summed E-state index contributed by atoms with van der Waals surface area (Å²) in [5.41, 5.74) is 0.454. The summed E-state index contributed by atoms with van der Waals surface area (Å²) in [4.78, 5) is 64.2. The maximum absolute atomic E-state index is 13.8. The zero-order chi connectivity index (χ0) is 41.2. The molecule has 3 aliphatic rings. The van der Waals surface area contributed by atoms with E-state index in [0.29, 0.717) is 5.57 Å². The first-order valence-electron chi connectivity index (χ1n) is 17.7. The number of hydrogen-bond donors (Lipinski definition) is 5. The van der Waals surface area contributed by atoms with Gasteiger partial charge >= 0.3 is 11.9 Å². The number of phenolic OH excluding ortho intramolecular Hbond substituents is 1. The van der Waals surface area contributed by atoms with Gasteiger partial charge in [0.2, 0.25) is 6.79 Å². The van der Waals surface area contributed by atoms with Crippen molar-refractivity contribution in [1.29, 1.82) is 0 Å². The summed E-state index contributed by atoms with van der Waals surface area (Å²) < 4.78 is 27.6. The highest BCUT2D eigenvalue weighted by Gasteiger charge is 2.50. The van der Waals surface area contributed by atoms with Crippen LogP contribution < -0.4 is 10.1 Å². The molecule has 298 valence electrons. The molecule has 5 N–H and O–H groups in total. The molecule has 2 aliphatic heterocycles. The summed E-state index contributed by atoms with van der Waals surface area (Å²) >= 11 is 0. The van der Waals surface area contributed by atoms with Gasteiger partial charge in [-0.15, -0.1) is 0 Å². The van der Waals surface area contributed by atoms with Crippen molar-refractivity contribution >= 4 is 40.7 Å². The Bertz CT molecular complexity index is 1930. The van der Waals surface area contributed by atoms with Crippen molar-refractivity contribution in [3.8, 4) is 11.5 Å². The topological polar surface area (TPSA) is 224 Å². The third-order valence-corrected chi connectivity index (χ3v) is 10.1. The molecule has 1 aromatic rings. The number of Topliss-reactive ketones (excluding diaryl/α,β-unsaturated/α-hetero) is 1. The molecule has 8 atom stereocenters. The number of benzene rings is 1. The number of rotatable bonds is 11. The molecule has 0 saturated carbocycles. The summed E-state index contributed by atoms with van der Waals surface area (Å²) in [6.45, 7) is 13.2. The van der Waals surface area contributed by atoms with Gasteiger partial charge in [0.15, 0.2) is 23.6 Å². The van der Waals surface area contributed by atoms with Crippen molar-refractivity contribution in [3.05, 3.63) is 69.2 Å². The second kappa shape index (κ2) is 17.1. The van der Waals surface area contributed by atoms with Crippen LogP contribution in [-0.2, 0) is 38.1 Å². The van der Waals surface area contributed by atoms with Crippen LogP contribution in [0.3, 0.4) is 0 Å². The zero-order valence-electron chi connectivity index (χ0n) is 32.5. The second-order valence-corrected chi connectivity index (χ2v) is 14.1. The van der Waals surface area contributed by atoms with Gasteiger partial charge in [-0.25, -0.2) is 0 Å². The number of aromatic hydroxyl groups is 1. The number of allylic oxidation sites excluding steroid dienone is 6. The molecule has 0 unspecified atom stereocenters. The Kier molecular flexibility index (Phi) is 13.3. The SMILES string of the molecule is COC(=O)[C@@H]1[C@H](O)[C@H](C)[C@H](O)O[C@@H]1[C@H](C)[C@@H](O)[C@@H](C)/C=C\C=C(/C)C(=O)Nc1c(C)c(OC(C)=O)c2c(c1O)C(=O)C(C)=C1OCOC(/C(C)=C/C(C)=O)=C12. The second-order valence-electron chi connectivity index (χ2n) is 14.1. The van der Waals surface area contributed by atoms with E-state index in [1.54, 1.807) is 26.8 Å². The van der Waals surface area contributed by atoms with Gasteiger partial charge in [0.05, 0.1) is 42.2 Å². The van der Waals surface area contributed by atoms with Gasteiger partial charge in [0, 0.05) is 47.0 Å². The van der Waals surface area contributed by atoms with Crippen LogP contribution in [-0.4, -0.2) is 88.3 Å². The number of methoxy groups -OCH3 is 1. The first-order valence-corrected chi connectivity index (χ1v) is 17.7. The van der Waals surface area contributed by atoms with E-state index in [0.717, 1.165) is 6.92 Å². The average Bonchev–Trinajstić information content (AvgIpc) is 3.13. The Morgan fingerprint density at radius 1 is 1.02 bits per heavy atom. The number of aliphatic hydroxyl groups is 3. The van der Waals surface area contributed by atoms with E-state index in [1.165, 1.54) is 60.0 Å². The molecule has 1 saturated heterocycles. The molecule has 0 radical (unpaired) electrons. The molecular weight excluding hydrogens is 718 g/mol. The molecule has 15 heteroatoms. The van der Waals surface area contributed by atoms with Crippen LogP contribution >= 0.6 is 0 Å². The minimum absolute atomic E-state index is 0.00756. The molecule has 1 fully saturated rings. The van der Waals surface area contributed by atoms with E-state index < -0.39 is 77.7 Å². The number of carbonyl (C=O) groups is 5. The number of ether oxygens (including phenoxy) is 5. The zero-order valence-corrected chi connectivity index (χ0v) is 32.5. The van der Waals surface area contributed by atoms with Crippen LogP contribution in [0.4, 0.5) is 5.69 Å². The molecule has 15 nitrogen and oxygen atoms in total. The molecule has 1 amide bonds. The fourth-order valence-electron chi connectivity index (χ4n) is 6.98. The highest BCUT2D eigenvalue weighted by molar-refractivity contribution is 6.21. The Labute approximate surface area is 318 Å². The van der Waals surface area contributed by atoms with Crippen molar-refractivity contribution in [2.75, 3.05) is 19.2 Å². The van der Waals surface area contributed by atoms with Crippen LogP contribution in [0, 0.1) is 30.6 Å². The van der Waals surface area contributed by atoms with E-state index in [1.807, 2.05) is 0 Å². The molecule has 0 bridgehead atoms. The predicted octanol–water partition coefficient (Wildman–Crippen LogP) is 3.92. The summed E-state index contributed by atoms with van der Waals surface area (Å²) in [7, 11) is 1.17. The van der Waals surface area contributed by atoms with Crippen LogP contribution in [0.15, 0.2) is 52.5 Å². The standard InChI is InChI=1S/C40H49NO14/c1-16(30(44)21(6)37-28(40(50)51-10)32(46)23(8)39(49)55-37)12-11-13-17(2)38(48)41-29-20(5)36(54-24(9)43)25-26(33(29)47)31(45)22(7)35-27(25)34(52-15-53-35)18(3)14-19(4)42/h11-14,16,21,23,28,30,32,37,39,44,46-47,49H,15H2,1-10H3,(H,41,48)/b12-11-,17-13+,18-14+/t16-,21+,23-,28+,30-,32+,37+,39+/m0/s1. The summed E-state index contributed by atoms with van der Waals surface area (Å²) in [6, 6.07) is 0. The lowest BCUT2D eigenvalue weighted by Gasteiger charge is -2.44. The third-order valence-electron chi connectivity index (χ3n) is 10.1. The smallest absolute Gasteiger partial charge is 0.313 e. The fourth-order valence-corrected chi connectivity index (χ4v) is 6.98. The molecular formula is C40H49NO14. The number of anilines is 1. The number of amides is 1. The summed E-state index contributed by atoms with van der Waals surface area (Å²) in [5.74, 6) is -6.78. The van der Waals surface area contributed by atoms with E-state index in [2.05, 4.69) is 5.32 Å². The van der Waals surface area contributed by atoms with E-state index in [9.17, 15) is 44.4 Å². The molecule has 1 aliphatic carbocycles. The molecule has 55 heavy (non-hydrogen) atoms. The first kappa shape index (κ1) is 42.6. The van der Waals surface area contributed by atoms with Crippen molar-refractivity contribution in [2.45, 2.75) is 86.9 Å². The fraction of sp³-hybridized carbons (Fsp3) is 0.475. The van der Waals surface area contributed by atoms with Crippen molar-refractivity contribution in [3.63, 3.8) is 0 Å².